The van der Waals surface area contributed by atoms with Gasteiger partial charge < -0.3 is 9.88 Å². The zero-order chi connectivity index (χ0) is 15.0. The predicted octanol–water partition coefficient (Wildman–Crippen LogP) is 2.92. The van der Waals surface area contributed by atoms with Crippen LogP contribution in [0.3, 0.4) is 0 Å². The summed E-state index contributed by atoms with van der Waals surface area (Å²) in [6.07, 6.45) is -0.102. The molecule has 1 aliphatic rings. The SMILES string of the molecule is O=CN1CCC(c2c(C(F)(F)F)cnc3[nH]ccc23)CC1. The molecule has 0 spiro atoms. The fraction of sp³-hybridized carbons (Fsp3) is 0.429. The summed E-state index contributed by atoms with van der Waals surface area (Å²) in [5.74, 6) is -0.209. The first-order chi connectivity index (χ1) is 10.0. The van der Waals surface area contributed by atoms with Crippen molar-refractivity contribution in [1.82, 2.24) is 14.9 Å². The van der Waals surface area contributed by atoms with Gasteiger partial charge in [-0.05, 0) is 30.4 Å². The van der Waals surface area contributed by atoms with Crippen molar-refractivity contribution in [3.8, 4) is 0 Å². The molecule has 2 aromatic rings. The summed E-state index contributed by atoms with van der Waals surface area (Å²) in [5.41, 5.74) is 0.106. The van der Waals surface area contributed by atoms with Gasteiger partial charge in [-0.25, -0.2) is 4.98 Å². The average molecular weight is 297 g/mol. The van der Waals surface area contributed by atoms with Crippen LogP contribution in [0.5, 0.6) is 0 Å². The lowest BCUT2D eigenvalue weighted by molar-refractivity contribution is -0.138. The van der Waals surface area contributed by atoms with Crippen LogP contribution < -0.4 is 0 Å². The van der Waals surface area contributed by atoms with Crippen LogP contribution in [0.4, 0.5) is 13.2 Å². The molecule has 1 amide bonds. The van der Waals surface area contributed by atoms with Gasteiger partial charge in [0, 0.05) is 30.9 Å². The number of nitrogens with one attached hydrogen (secondary N) is 1. The van der Waals surface area contributed by atoms with E-state index >= 15 is 0 Å². The number of carbonyl (C=O) groups excluding carboxylic acids is 1. The highest BCUT2D eigenvalue weighted by atomic mass is 19.4. The van der Waals surface area contributed by atoms with Crippen LogP contribution in [0.25, 0.3) is 11.0 Å². The number of amides is 1. The van der Waals surface area contributed by atoms with Crippen molar-refractivity contribution in [1.29, 1.82) is 0 Å². The number of hydrogen-bond donors (Lipinski definition) is 1. The number of fused-ring (bicyclic) bond motifs is 1. The highest BCUT2D eigenvalue weighted by molar-refractivity contribution is 5.81. The van der Waals surface area contributed by atoms with Gasteiger partial charge in [0.25, 0.3) is 0 Å². The molecule has 7 heteroatoms. The molecule has 1 N–H and O–H groups in total. The minimum Gasteiger partial charge on any atom is -0.346 e. The molecule has 1 fully saturated rings. The van der Waals surface area contributed by atoms with Crippen LogP contribution in [0, 0.1) is 0 Å². The summed E-state index contributed by atoms with van der Waals surface area (Å²) < 4.78 is 39.8. The van der Waals surface area contributed by atoms with E-state index in [1.54, 1.807) is 17.2 Å². The van der Waals surface area contributed by atoms with Crippen molar-refractivity contribution in [3.05, 3.63) is 29.6 Å². The summed E-state index contributed by atoms with van der Waals surface area (Å²) in [6, 6.07) is 1.64. The Morgan fingerprint density at radius 3 is 2.67 bits per heavy atom. The second-order valence-corrected chi connectivity index (χ2v) is 5.24. The van der Waals surface area contributed by atoms with E-state index in [9.17, 15) is 18.0 Å². The fourth-order valence-electron chi connectivity index (χ4n) is 2.99. The summed E-state index contributed by atoms with van der Waals surface area (Å²) in [5, 5.41) is 0.523. The minimum absolute atomic E-state index is 0.209. The molecule has 2 aromatic heterocycles. The van der Waals surface area contributed by atoms with Gasteiger partial charge in [0.15, 0.2) is 0 Å². The van der Waals surface area contributed by atoms with E-state index in [-0.39, 0.29) is 5.92 Å². The molecule has 3 heterocycles. The lowest BCUT2D eigenvalue weighted by Crippen LogP contribution is -2.32. The Labute approximate surface area is 119 Å². The van der Waals surface area contributed by atoms with Gasteiger partial charge in [0.2, 0.25) is 6.41 Å². The predicted molar refractivity (Wildman–Crippen MR) is 70.7 cm³/mol. The van der Waals surface area contributed by atoms with E-state index in [1.807, 2.05) is 0 Å². The summed E-state index contributed by atoms with van der Waals surface area (Å²) in [7, 11) is 0. The van der Waals surface area contributed by atoms with Gasteiger partial charge in [0.05, 0.1) is 5.56 Å². The number of aromatic nitrogens is 2. The Hall–Kier alpha value is -2.05. The van der Waals surface area contributed by atoms with Crippen LogP contribution in [0.2, 0.25) is 0 Å². The number of likely N-dealkylation sites (tertiary alicyclic amines) is 1. The zero-order valence-corrected chi connectivity index (χ0v) is 11.2. The normalized spacial score (nSPS) is 17.4. The van der Waals surface area contributed by atoms with Gasteiger partial charge in [-0.1, -0.05) is 0 Å². The van der Waals surface area contributed by atoms with Crippen LogP contribution >= 0.6 is 0 Å². The zero-order valence-electron chi connectivity index (χ0n) is 11.2. The average Bonchev–Trinajstić information content (AvgIpc) is 2.94. The van der Waals surface area contributed by atoms with Gasteiger partial charge in [-0.2, -0.15) is 13.2 Å². The number of alkyl halides is 3. The van der Waals surface area contributed by atoms with E-state index in [2.05, 4.69) is 9.97 Å². The Morgan fingerprint density at radius 1 is 1.33 bits per heavy atom. The third kappa shape index (κ3) is 2.48. The third-order valence-electron chi connectivity index (χ3n) is 4.02. The van der Waals surface area contributed by atoms with Crippen molar-refractivity contribution < 1.29 is 18.0 Å². The van der Waals surface area contributed by atoms with Crippen molar-refractivity contribution in [2.75, 3.05) is 13.1 Å². The molecule has 1 saturated heterocycles. The van der Waals surface area contributed by atoms with Crippen LogP contribution in [-0.2, 0) is 11.0 Å². The van der Waals surface area contributed by atoms with Gasteiger partial charge in [-0.15, -0.1) is 0 Å². The van der Waals surface area contributed by atoms with Gasteiger partial charge in [-0.3, -0.25) is 4.79 Å². The first kappa shape index (κ1) is 13.9. The largest absolute Gasteiger partial charge is 0.418 e. The number of rotatable bonds is 2. The summed E-state index contributed by atoms with van der Waals surface area (Å²) >= 11 is 0. The van der Waals surface area contributed by atoms with Gasteiger partial charge in [0.1, 0.15) is 5.65 Å². The lowest BCUT2D eigenvalue weighted by Gasteiger charge is -2.31. The molecule has 0 unspecified atom stereocenters. The number of aromatic amines is 1. The number of hydrogen-bond acceptors (Lipinski definition) is 2. The Morgan fingerprint density at radius 2 is 2.05 bits per heavy atom. The molecule has 112 valence electrons. The Kier molecular flexibility index (Phi) is 3.35. The summed E-state index contributed by atoms with van der Waals surface area (Å²) in [4.78, 5) is 19.0. The van der Waals surface area contributed by atoms with Crippen molar-refractivity contribution in [3.63, 3.8) is 0 Å². The minimum atomic E-state index is -4.42. The molecular weight excluding hydrogens is 283 g/mol. The fourth-order valence-corrected chi connectivity index (χ4v) is 2.99. The second kappa shape index (κ2) is 5.05. The maximum atomic E-state index is 13.3. The maximum Gasteiger partial charge on any atom is 0.418 e. The molecule has 3 rings (SSSR count). The van der Waals surface area contributed by atoms with E-state index in [0.29, 0.717) is 42.5 Å². The Bertz CT molecular complexity index is 657. The Balaban J connectivity index is 2.07. The van der Waals surface area contributed by atoms with Crippen LogP contribution in [0.1, 0.15) is 29.9 Å². The number of pyridine rings is 1. The van der Waals surface area contributed by atoms with Crippen molar-refractivity contribution in [2.24, 2.45) is 0 Å². The summed E-state index contributed by atoms with van der Waals surface area (Å²) in [6.45, 7) is 0.972. The molecule has 4 nitrogen and oxygen atoms in total. The van der Waals surface area contributed by atoms with E-state index in [1.165, 1.54) is 0 Å². The van der Waals surface area contributed by atoms with E-state index in [0.717, 1.165) is 12.6 Å². The number of H-pyrrole nitrogens is 1. The maximum absolute atomic E-state index is 13.3. The topological polar surface area (TPSA) is 49.0 Å². The lowest BCUT2D eigenvalue weighted by atomic mass is 9.85. The highest BCUT2D eigenvalue weighted by Crippen LogP contribution is 2.41. The van der Waals surface area contributed by atoms with Crippen LogP contribution in [0.15, 0.2) is 18.5 Å². The molecular formula is C14H14F3N3O. The van der Waals surface area contributed by atoms with Crippen molar-refractivity contribution in [2.45, 2.75) is 24.9 Å². The monoisotopic (exact) mass is 297 g/mol. The number of piperidine rings is 1. The number of carbonyl (C=O) groups is 1. The quantitative estimate of drug-likeness (QED) is 0.866. The first-order valence-corrected chi connectivity index (χ1v) is 6.73. The molecule has 1 aliphatic heterocycles. The molecule has 0 bridgehead atoms. The number of nitrogens with zero attached hydrogens (tertiary/aromatic N) is 2. The first-order valence-electron chi connectivity index (χ1n) is 6.73. The molecule has 0 atom stereocenters. The van der Waals surface area contributed by atoms with Gasteiger partial charge >= 0.3 is 6.18 Å². The van der Waals surface area contributed by atoms with Crippen LogP contribution in [-0.4, -0.2) is 34.4 Å². The smallest absolute Gasteiger partial charge is 0.346 e. The number of halogens is 3. The van der Waals surface area contributed by atoms with E-state index < -0.39 is 11.7 Å². The molecule has 0 aromatic carbocycles. The molecule has 0 radical (unpaired) electrons. The van der Waals surface area contributed by atoms with Crippen molar-refractivity contribution >= 4 is 17.4 Å². The standard InChI is InChI=1S/C14H14F3N3O/c15-14(16,17)11-7-19-13-10(1-4-18-13)12(11)9-2-5-20(8-21)6-3-9/h1,4,7-9H,2-3,5-6H2,(H,18,19). The van der Waals surface area contributed by atoms with E-state index in [4.69, 9.17) is 0 Å². The second-order valence-electron chi connectivity index (χ2n) is 5.24. The molecule has 21 heavy (non-hydrogen) atoms. The molecule has 0 aliphatic carbocycles. The molecule has 0 saturated carbocycles. The third-order valence-corrected chi connectivity index (χ3v) is 4.02. The highest BCUT2D eigenvalue weighted by Gasteiger charge is 2.37.